The Bertz CT molecular complexity index is 960. The molecular weight excluding hydrogens is 326 g/mol. The molecule has 134 valence electrons. The number of rotatable bonds is 3. The third-order valence-electron chi connectivity index (χ3n) is 5.64. The molecule has 1 saturated heterocycles. The van der Waals surface area contributed by atoms with Gasteiger partial charge in [-0.25, -0.2) is 4.98 Å². The molecule has 0 spiro atoms. The van der Waals surface area contributed by atoms with Crippen molar-refractivity contribution in [2.24, 2.45) is 0 Å². The first-order valence-electron chi connectivity index (χ1n) is 9.48. The lowest BCUT2D eigenvalue weighted by atomic mass is 9.96. The maximum absolute atomic E-state index is 12.9. The highest BCUT2D eigenvalue weighted by Crippen LogP contribution is 2.38. The molecule has 3 heterocycles. The molecular formula is C20H23N5O. The largest absolute Gasteiger partial charge is 0.351 e. The maximum Gasteiger partial charge on any atom is 0.270 e. The third-order valence-corrected chi connectivity index (χ3v) is 5.64. The normalized spacial score (nSPS) is 18.6. The number of fused-ring (bicyclic) bond motifs is 1. The van der Waals surface area contributed by atoms with Gasteiger partial charge in [0.15, 0.2) is 5.82 Å². The van der Waals surface area contributed by atoms with Gasteiger partial charge >= 0.3 is 0 Å². The minimum atomic E-state index is 0.0912. The standard InChI is InChI=1S/C20H23N5O/c1-12-2-3-15-11-17(21-16(15)10-12)20(26)25-8-6-14(7-9-25)19-22-18(23-24-19)13-4-5-13/h2-3,10-11,13-14,21H,4-9H2,1H3,(H,22,23,24). The van der Waals surface area contributed by atoms with Crippen LogP contribution in [0.15, 0.2) is 24.3 Å². The lowest BCUT2D eigenvalue weighted by Crippen LogP contribution is -2.38. The summed E-state index contributed by atoms with van der Waals surface area (Å²) in [5.74, 6) is 3.03. The van der Waals surface area contributed by atoms with Crippen molar-refractivity contribution in [2.45, 2.75) is 44.4 Å². The van der Waals surface area contributed by atoms with Crippen molar-refractivity contribution in [1.29, 1.82) is 0 Å². The van der Waals surface area contributed by atoms with Gasteiger partial charge in [0.25, 0.3) is 5.91 Å². The van der Waals surface area contributed by atoms with E-state index >= 15 is 0 Å². The van der Waals surface area contributed by atoms with E-state index in [0.717, 1.165) is 48.5 Å². The number of aromatic nitrogens is 4. The molecule has 2 aromatic heterocycles. The number of carbonyl (C=O) groups excluding carboxylic acids is 1. The summed E-state index contributed by atoms with van der Waals surface area (Å²) < 4.78 is 0. The molecule has 2 N–H and O–H groups in total. The summed E-state index contributed by atoms with van der Waals surface area (Å²) in [4.78, 5) is 22.8. The number of benzene rings is 1. The number of amides is 1. The molecule has 2 fully saturated rings. The zero-order valence-corrected chi connectivity index (χ0v) is 15.0. The zero-order valence-electron chi connectivity index (χ0n) is 15.0. The highest BCUT2D eigenvalue weighted by atomic mass is 16.2. The Hall–Kier alpha value is -2.63. The van der Waals surface area contributed by atoms with Gasteiger partial charge in [-0.3, -0.25) is 9.89 Å². The molecule has 1 aliphatic heterocycles. The summed E-state index contributed by atoms with van der Waals surface area (Å²) in [6, 6.07) is 8.18. The van der Waals surface area contributed by atoms with Crippen LogP contribution in [0, 0.1) is 6.92 Å². The fourth-order valence-corrected chi connectivity index (χ4v) is 3.88. The number of aromatic amines is 2. The Labute approximate surface area is 152 Å². The van der Waals surface area contributed by atoms with Gasteiger partial charge in [0.05, 0.1) is 0 Å². The van der Waals surface area contributed by atoms with Crippen LogP contribution in [0.25, 0.3) is 10.9 Å². The van der Waals surface area contributed by atoms with Gasteiger partial charge in [-0.05, 0) is 50.3 Å². The van der Waals surface area contributed by atoms with Crippen molar-refractivity contribution in [3.63, 3.8) is 0 Å². The number of hydrogen-bond acceptors (Lipinski definition) is 3. The first-order valence-corrected chi connectivity index (χ1v) is 9.48. The van der Waals surface area contributed by atoms with Crippen LogP contribution in [0.3, 0.4) is 0 Å². The van der Waals surface area contributed by atoms with Crippen LogP contribution in [0.2, 0.25) is 0 Å². The lowest BCUT2D eigenvalue weighted by molar-refractivity contribution is 0.0706. The number of H-pyrrole nitrogens is 2. The van der Waals surface area contributed by atoms with Crippen molar-refractivity contribution < 1.29 is 4.79 Å². The fourth-order valence-electron chi connectivity index (χ4n) is 3.88. The van der Waals surface area contributed by atoms with Crippen LogP contribution in [0.5, 0.6) is 0 Å². The number of hydrogen-bond donors (Lipinski definition) is 2. The van der Waals surface area contributed by atoms with Crippen LogP contribution in [-0.4, -0.2) is 44.1 Å². The van der Waals surface area contributed by atoms with E-state index in [4.69, 9.17) is 0 Å². The van der Waals surface area contributed by atoms with Crippen LogP contribution in [-0.2, 0) is 0 Å². The number of aryl methyl sites for hydroxylation is 1. The second kappa shape index (κ2) is 5.97. The van der Waals surface area contributed by atoms with Gasteiger partial charge in [-0.2, -0.15) is 5.10 Å². The summed E-state index contributed by atoms with van der Waals surface area (Å²) >= 11 is 0. The van der Waals surface area contributed by atoms with Crippen LogP contribution in [0.4, 0.5) is 0 Å². The van der Waals surface area contributed by atoms with Gasteiger partial charge in [0.2, 0.25) is 0 Å². The van der Waals surface area contributed by atoms with Gasteiger partial charge < -0.3 is 9.88 Å². The summed E-state index contributed by atoms with van der Waals surface area (Å²) in [5.41, 5.74) is 2.90. The molecule has 0 unspecified atom stereocenters. The fraction of sp³-hybridized carbons (Fsp3) is 0.450. The molecule has 1 aromatic carbocycles. The van der Waals surface area contributed by atoms with Crippen molar-refractivity contribution >= 4 is 16.8 Å². The quantitative estimate of drug-likeness (QED) is 0.760. The van der Waals surface area contributed by atoms with Crippen LogP contribution in [0.1, 0.15) is 65.2 Å². The van der Waals surface area contributed by atoms with Crippen molar-refractivity contribution in [1.82, 2.24) is 25.1 Å². The van der Waals surface area contributed by atoms with E-state index in [1.807, 2.05) is 11.0 Å². The van der Waals surface area contributed by atoms with Crippen molar-refractivity contribution in [2.75, 3.05) is 13.1 Å². The Kier molecular flexibility index (Phi) is 3.58. The molecule has 1 aliphatic carbocycles. The molecule has 1 saturated carbocycles. The average molecular weight is 349 g/mol. The predicted octanol–water partition coefficient (Wildman–Crippen LogP) is 3.49. The Balaban J connectivity index is 1.27. The summed E-state index contributed by atoms with van der Waals surface area (Å²) in [6.07, 6.45) is 4.30. The van der Waals surface area contributed by atoms with Gasteiger partial charge in [-0.1, -0.05) is 12.1 Å². The smallest absolute Gasteiger partial charge is 0.270 e. The van der Waals surface area contributed by atoms with E-state index in [9.17, 15) is 4.79 Å². The van der Waals surface area contributed by atoms with Gasteiger partial charge in [-0.15, -0.1) is 0 Å². The first kappa shape index (κ1) is 15.6. The summed E-state index contributed by atoms with van der Waals surface area (Å²) in [6.45, 7) is 3.58. The van der Waals surface area contributed by atoms with E-state index in [2.05, 4.69) is 45.3 Å². The Morgan fingerprint density at radius 1 is 1.12 bits per heavy atom. The molecule has 1 amide bonds. The molecule has 2 aliphatic rings. The summed E-state index contributed by atoms with van der Waals surface area (Å²) in [7, 11) is 0. The molecule has 5 rings (SSSR count). The highest BCUT2D eigenvalue weighted by Gasteiger charge is 2.31. The van der Waals surface area contributed by atoms with Crippen molar-refractivity contribution in [3.05, 3.63) is 47.2 Å². The number of nitrogens with one attached hydrogen (secondary N) is 2. The van der Waals surface area contributed by atoms with Gasteiger partial charge in [0.1, 0.15) is 11.5 Å². The van der Waals surface area contributed by atoms with Crippen LogP contribution >= 0.6 is 0 Å². The number of carbonyl (C=O) groups is 1. The number of likely N-dealkylation sites (tertiary alicyclic amines) is 1. The SMILES string of the molecule is Cc1ccc2cc(C(=O)N3CCC(c4nc(C5CC5)n[nH]4)CC3)[nH]c2c1. The predicted molar refractivity (Wildman–Crippen MR) is 99.3 cm³/mol. The molecule has 6 nitrogen and oxygen atoms in total. The monoisotopic (exact) mass is 349 g/mol. The Morgan fingerprint density at radius 2 is 1.92 bits per heavy atom. The average Bonchev–Trinajstić information content (AvgIpc) is 3.24. The first-order chi connectivity index (χ1) is 12.7. The second-order valence-electron chi connectivity index (χ2n) is 7.69. The minimum absolute atomic E-state index is 0.0912. The number of nitrogens with zero attached hydrogens (tertiary/aromatic N) is 3. The van der Waals surface area contributed by atoms with E-state index in [-0.39, 0.29) is 5.91 Å². The van der Waals surface area contributed by atoms with Crippen molar-refractivity contribution in [3.8, 4) is 0 Å². The van der Waals surface area contributed by atoms with E-state index in [1.165, 1.54) is 18.4 Å². The molecule has 3 aromatic rings. The maximum atomic E-state index is 12.9. The topological polar surface area (TPSA) is 77.7 Å². The molecule has 0 radical (unpaired) electrons. The van der Waals surface area contributed by atoms with E-state index in [0.29, 0.717) is 17.5 Å². The lowest BCUT2D eigenvalue weighted by Gasteiger charge is -2.30. The second-order valence-corrected chi connectivity index (χ2v) is 7.69. The summed E-state index contributed by atoms with van der Waals surface area (Å²) in [5, 5.41) is 8.58. The van der Waals surface area contributed by atoms with E-state index < -0.39 is 0 Å². The highest BCUT2D eigenvalue weighted by molar-refractivity contribution is 5.98. The molecule has 0 bridgehead atoms. The number of piperidine rings is 1. The van der Waals surface area contributed by atoms with E-state index in [1.54, 1.807) is 0 Å². The third kappa shape index (κ3) is 2.79. The molecule has 6 heteroatoms. The van der Waals surface area contributed by atoms with Gasteiger partial charge in [0, 0.05) is 35.8 Å². The Morgan fingerprint density at radius 3 is 2.69 bits per heavy atom. The molecule has 26 heavy (non-hydrogen) atoms. The minimum Gasteiger partial charge on any atom is -0.351 e. The molecule has 0 atom stereocenters. The zero-order chi connectivity index (χ0) is 17.7. The van der Waals surface area contributed by atoms with Crippen LogP contribution < -0.4 is 0 Å².